The maximum Gasteiger partial charge on any atom is 0.234 e. The van der Waals surface area contributed by atoms with Gasteiger partial charge in [0.1, 0.15) is 5.78 Å². The third-order valence-electron chi connectivity index (χ3n) is 9.53. The number of hydrogen-bond donors (Lipinski definition) is 9. The summed E-state index contributed by atoms with van der Waals surface area (Å²) in [7, 11) is -6.49. The fraction of sp³-hybridized carbons (Fsp3) is 0.773. The van der Waals surface area contributed by atoms with Gasteiger partial charge in [-0.2, -0.15) is 0 Å². The summed E-state index contributed by atoms with van der Waals surface area (Å²) in [6.07, 6.45) is 10.5. The number of sulfone groups is 1. The Labute approximate surface area is 399 Å². The smallest absolute Gasteiger partial charge is 0.234 e. The normalized spacial score (nSPS) is 24.4. The molecule has 9 fully saturated rings. The average Bonchev–Trinajstić information content (AvgIpc) is 4.11. The van der Waals surface area contributed by atoms with Crippen molar-refractivity contribution in [2.24, 2.45) is 0 Å². The maximum atomic E-state index is 10.9. The van der Waals surface area contributed by atoms with Crippen LogP contribution in [0.1, 0.15) is 86.5 Å². The van der Waals surface area contributed by atoms with Gasteiger partial charge in [0.15, 0.2) is 9.84 Å². The number of carbonyl (C=O) groups excluding carboxylic acids is 2. The molecule has 0 bridgehead atoms. The van der Waals surface area contributed by atoms with Crippen molar-refractivity contribution >= 4 is 63.3 Å². The van der Waals surface area contributed by atoms with Crippen molar-refractivity contribution in [2.75, 3.05) is 132 Å². The van der Waals surface area contributed by atoms with Crippen LogP contribution in [-0.2, 0) is 54.2 Å². The third-order valence-corrected chi connectivity index (χ3v) is 16.2. The van der Waals surface area contributed by atoms with Crippen LogP contribution in [0.2, 0.25) is 0 Å². The molecular formula is C44H93N9O8S4. The highest BCUT2D eigenvalue weighted by atomic mass is 32.2. The van der Waals surface area contributed by atoms with E-state index < -0.39 is 39.9 Å². The summed E-state index contributed by atoms with van der Waals surface area (Å²) in [5, 5.41) is 24.0. The minimum atomic E-state index is -2.65. The van der Waals surface area contributed by atoms with Gasteiger partial charge in [-0.3, -0.25) is 22.2 Å². The number of ether oxygens (including phenoxy) is 1. The average molecular weight is 1000 g/mol. The summed E-state index contributed by atoms with van der Waals surface area (Å²) in [6.45, 7) is 23.2. The molecule has 386 valence electrons. The number of rotatable bonds is 0. The molecule has 1 amide bonds. The number of hydrogen-bond acceptors (Lipinski definition) is 15. The molecule has 17 nitrogen and oxygen atoms in total. The minimum Gasteiger partial charge on any atom is -0.499 e. The molecule has 9 aliphatic heterocycles. The summed E-state index contributed by atoms with van der Waals surface area (Å²) >= 11 is 0. The van der Waals surface area contributed by atoms with Crippen LogP contribution in [0.3, 0.4) is 0 Å². The lowest BCUT2D eigenvalue weighted by molar-refractivity contribution is -0.121. The van der Waals surface area contributed by atoms with Gasteiger partial charge in [-0.1, -0.05) is 42.0 Å². The number of allylic oxidation sites excluding steroid dienone is 2. The van der Waals surface area contributed by atoms with Crippen LogP contribution < -0.4 is 47.3 Å². The fourth-order valence-electron chi connectivity index (χ4n) is 5.90. The SMILES string of the molecule is C.C.C.C=C1CCCN1.C=C1CCCO1.C=C1NCCN1.C=S1(=O)CCCC1.C=S1(=O)CCCN1.O=C1CCCNCC1.O=C1CNCCN1.O=S1(=O)CCNCC1.O=S1CCNCC1. The van der Waals surface area contributed by atoms with Crippen molar-refractivity contribution in [2.45, 2.75) is 86.5 Å². The summed E-state index contributed by atoms with van der Waals surface area (Å²) in [5.41, 5.74) is 1.20. The van der Waals surface area contributed by atoms with Crippen molar-refractivity contribution in [1.29, 1.82) is 0 Å². The van der Waals surface area contributed by atoms with E-state index >= 15 is 0 Å². The molecule has 21 heteroatoms. The molecule has 0 aromatic rings. The van der Waals surface area contributed by atoms with Crippen LogP contribution in [0.15, 0.2) is 37.0 Å². The van der Waals surface area contributed by atoms with Crippen molar-refractivity contribution in [1.82, 2.24) is 47.3 Å². The van der Waals surface area contributed by atoms with Gasteiger partial charge in [0.05, 0.1) is 36.2 Å². The van der Waals surface area contributed by atoms with Crippen LogP contribution in [0.4, 0.5) is 0 Å². The quantitative estimate of drug-likeness (QED) is 0.155. The molecule has 9 aliphatic rings. The van der Waals surface area contributed by atoms with Gasteiger partial charge in [0, 0.05) is 146 Å². The minimum absolute atomic E-state index is 0. The second-order valence-electron chi connectivity index (χ2n) is 15.5. The Morgan fingerprint density at radius 2 is 1.11 bits per heavy atom. The molecule has 1 atom stereocenters. The molecule has 0 spiro atoms. The lowest BCUT2D eigenvalue weighted by Gasteiger charge is -2.11. The van der Waals surface area contributed by atoms with Gasteiger partial charge >= 0.3 is 0 Å². The van der Waals surface area contributed by atoms with Crippen LogP contribution >= 0.6 is 0 Å². The van der Waals surface area contributed by atoms with Gasteiger partial charge in [0.2, 0.25) is 5.91 Å². The van der Waals surface area contributed by atoms with Gasteiger partial charge in [-0.25, -0.2) is 13.1 Å². The largest absolute Gasteiger partial charge is 0.499 e. The highest BCUT2D eigenvalue weighted by molar-refractivity contribution is 8.00. The van der Waals surface area contributed by atoms with E-state index in [-0.39, 0.29) is 28.2 Å². The molecular weight excluding hydrogens is 911 g/mol. The van der Waals surface area contributed by atoms with Crippen molar-refractivity contribution < 1.29 is 35.4 Å². The van der Waals surface area contributed by atoms with Gasteiger partial charge in [-0.15, -0.1) is 0 Å². The molecule has 65 heavy (non-hydrogen) atoms. The van der Waals surface area contributed by atoms with E-state index in [1.165, 1.54) is 25.0 Å². The topological polar surface area (TPSA) is 237 Å². The van der Waals surface area contributed by atoms with Crippen LogP contribution in [0, 0.1) is 0 Å². The number of nitrogens with one attached hydrogen (secondary N) is 9. The Balaban J connectivity index is -0.000000662. The molecule has 9 saturated heterocycles. The second-order valence-corrected chi connectivity index (χ2v) is 24.5. The summed E-state index contributed by atoms with van der Waals surface area (Å²) < 4.78 is 61.2. The van der Waals surface area contributed by atoms with E-state index in [0.717, 1.165) is 157 Å². The van der Waals surface area contributed by atoms with Crippen LogP contribution in [0.5, 0.6) is 0 Å². The Morgan fingerprint density at radius 1 is 0.523 bits per heavy atom. The monoisotopic (exact) mass is 1000 g/mol. The first-order chi connectivity index (χ1) is 29.5. The Bertz CT molecular complexity index is 1490. The van der Waals surface area contributed by atoms with E-state index in [4.69, 9.17) is 4.74 Å². The van der Waals surface area contributed by atoms with E-state index in [0.29, 0.717) is 36.9 Å². The standard InChI is InChI=1S/C6H11NO.C5H9N.C5H10OS.C5H8O.C4H8N2O.C4H8N2.C4H9NO2S.2C4H9NOS.3CH4/c8-6-2-1-4-7-5-3-6;1-5-3-2-4-6-5;1-7(6)4-2-3-5-7;1-5-3-2-4-6-5;7-4-3-5-1-2-6-4;1-4-5-2-3-6-4;6-8(7)3-1-5-2-4-8;1-7(6)4-2-3-5-7;6-7-3-1-5-2-4-7;;;/h7H,1-5H2;6H,1-4H2;1-5H2;1-4H2;5H,1-3H2,(H,6,7);5-6H,1-3H2;5H,1-4H2;1-4H2,(H,5,6);5H,1-4H2;3*1H4. The Morgan fingerprint density at radius 3 is 1.38 bits per heavy atom. The lowest BCUT2D eigenvalue weighted by Crippen LogP contribution is -2.44. The molecule has 1 unspecified atom stereocenters. The molecule has 0 radical (unpaired) electrons. The lowest BCUT2D eigenvalue weighted by atomic mass is 10.2. The number of Topliss-reactive ketones (excluding diaryl/α,β-unsaturated/α-hetero) is 1. The number of ketones is 1. The Kier molecular flexibility index (Phi) is 41.7. The molecule has 9 heterocycles. The van der Waals surface area contributed by atoms with E-state index in [1.807, 2.05) is 0 Å². The van der Waals surface area contributed by atoms with Crippen molar-refractivity contribution in [3.8, 4) is 0 Å². The fourth-order valence-corrected chi connectivity index (χ4v) is 10.9. The molecule has 0 aliphatic carbocycles. The van der Waals surface area contributed by atoms with E-state index in [9.17, 15) is 30.6 Å². The maximum absolute atomic E-state index is 10.9. The molecule has 0 saturated carbocycles. The van der Waals surface area contributed by atoms with Gasteiger partial charge in [-0.05, 0) is 72.8 Å². The Hall–Kier alpha value is -2.50. The second kappa shape index (κ2) is 40.6. The van der Waals surface area contributed by atoms with Crippen molar-refractivity contribution in [3.05, 3.63) is 37.0 Å². The number of amides is 1. The van der Waals surface area contributed by atoms with E-state index in [2.05, 4.69) is 78.7 Å². The predicted molar refractivity (Wildman–Crippen MR) is 283 cm³/mol. The molecule has 0 aromatic heterocycles. The summed E-state index contributed by atoms with van der Waals surface area (Å²) in [4.78, 5) is 20.9. The third kappa shape index (κ3) is 42.6. The first-order valence-electron chi connectivity index (χ1n) is 22.0. The highest BCUT2D eigenvalue weighted by Crippen LogP contribution is 2.12. The zero-order valence-corrected chi connectivity index (χ0v) is 40.6. The first-order valence-corrected chi connectivity index (χ1v) is 29.2. The van der Waals surface area contributed by atoms with Crippen LogP contribution in [-0.4, -0.2) is 176 Å². The van der Waals surface area contributed by atoms with Gasteiger partial charge < -0.3 is 47.3 Å². The summed E-state index contributed by atoms with van der Waals surface area (Å²) in [5.74, 6) is 14.3. The first kappa shape index (κ1) is 66.8. The zero-order chi connectivity index (χ0) is 46.0. The number of piperazine rings is 1. The van der Waals surface area contributed by atoms with Gasteiger partial charge in [0.25, 0.3) is 0 Å². The predicted octanol–water partition coefficient (Wildman–Crippen LogP) is 1.24. The van der Waals surface area contributed by atoms with E-state index in [1.54, 1.807) is 0 Å². The molecule has 9 N–H and O–H groups in total. The van der Waals surface area contributed by atoms with Crippen LogP contribution in [0.25, 0.3) is 0 Å². The molecule has 9 rings (SSSR count). The highest BCUT2D eigenvalue weighted by Gasteiger charge is 2.14. The number of carbonyl (C=O) groups is 2. The molecule has 0 aromatic carbocycles. The van der Waals surface area contributed by atoms with Crippen molar-refractivity contribution in [3.63, 3.8) is 0 Å². The zero-order valence-electron chi connectivity index (χ0n) is 37.4. The summed E-state index contributed by atoms with van der Waals surface area (Å²) in [6, 6.07) is 0.